The van der Waals surface area contributed by atoms with Crippen LogP contribution in [-0.2, 0) is 0 Å². The number of fused-ring (bicyclic) bond motifs is 1. The highest BCUT2D eigenvalue weighted by Gasteiger charge is 2.09. The zero-order valence-corrected chi connectivity index (χ0v) is 7.91. The van der Waals surface area contributed by atoms with E-state index in [1.54, 1.807) is 13.2 Å². The summed E-state index contributed by atoms with van der Waals surface area (Å²) in [5, 5.41) is 4.41. The number of halogens is 1. The van der Waals surface area contributed by atoms with Crippen LogP contribution in [0.2, 0.25) is 0 Å². The summed E-state index contributed by atoms with van der Waals surface area (Å²) in [6.45, 7) is 1.82. The molecule has 0 saturated heterocycles. The molecule has 72 valence electrons. The lowest BCUT2D eigenvalue weighted by Gasteiger charge is -2.00. The molecule has 0 spiro atoms. The van der Waals surface area contributed by atoms with Gasteiger partial charge in [-0.25, -0.2) is 4.39 Å². The smallest absolute Gasteiger partial charge is 0.170 e. The first-order valence-electron chi connectivity index (χ1n) is 4.20. The molecule has 0 aliphatic heterocycles. The maximum absolute atomic E-state index is 13.1. The molecular formula is C10H9FN2O. The SMILES string of the molecule is CN=C(C)c1cc(F)cc2oncc12. The van der Waals surface area contributed by atoms with E-state index in [1.807, 2.05) is 6.92 Å². The van der Waals surface area contributed by atoms with E-state index in [0.29, 0.717) is 5.58 Å². The molecule has 2 aromatic rings. The molecule has 1 aromatic carbocycles. The van der Waals surface area contributed by atoms with Gasteiger partial charge in [0.1, 0.15) is 5.82 Å². The topological polar surface area (TPSA) is 38.4 Å². The van der Waals surface area contributed by atoms with Crippen LogP contribution in [0, 0.1) is 5.82 Å². The fourth-order valence-electron chi connectivity index (χ4n) is 1.36. The third-order valence-electron chi connectivity index (χ3n) is 2.16. The van der Waals surface area contributed by atoms with Crippen molar-refractivity contribution in [2.75, 3.05) is 7.05 Å². The molecule has 0 fully saturated rings. The van der Waals surface area contributed by atoms with Gasteiger partial charge in [-0.15, -0.1) is 0 Å². The average molecular weight is 192 g/mol. The number of aliphatic imine (C=N–C) groups is 1. The highest BCUT2D eigenvalue weighted by molar-refractivity contribution is 6.08. The van der Waals surface area contributed by atoms with Gasteiger partial charge in [-0.3, -0.25) is 4.99 Å². The molecule has 0 aliphatic rings. The summed E-state index contributed by atoms with van der Waals surface area (Å²) in [5.41, 5.74) is 1.93. The standard InChI is InChI=1S/C10H9FN2O/c1-6(12-2)8-3-7(11)4-10-9(8)5-13-14-10/h3-5H,1-2H3. The predicted octanol–water partition coefficient (Wildman–Crippen LogP) is 2.41. The first-order chi connectivity index (χ1) is 6.72. The molecule has 2 rings (SSSR count). The monoisotopic (exact) mass is 192 g/mol. The molecule has 1 heterocycles. The number of hydrogen-bond donors (Lipinski definition) is 0. The molecule has 4 heteroatoms. The van der Waals surface area contributed by atoms with Crippen LogP contribution in [0.25, 0.3) is 11.0 Å². The number of benzene rings is 1. The Bertz CT molecular complexity index is 502. The molecular weight excluding hydrogens is 183 g/mol. The van der Waals surface area contributed by atoms with Crippen molar-refractivity contribution in [2.45, 2.75) is 6.92 Å². The van der Waals surface area contributed by atoms with Gasteiger partial charge in [0.25, 0.3) is 0 Å². The van der Waals surface area contributed by atoms with Crippen molar-refractivity contribution in [1.29, 1.82) is 0 Å². The van der Waals surface area contributed by atoms with E-state index in [9.17, 15) is 4.39 Å². The first kappa shape index (κ1) is 8.87. The molecule has 0 aliphatic carbocycles. The van der Waals surface area contributed by atoms with Crippen LogP contribution in [0.4, 0.5) is 4.39 Å². The zero-order valence-electron chi connectivity index (χ0n) is 7.91. The van der Waals surface area contributed by atoms with Crippen LogP contribution >= 0.6 is 0 Å². The van der Waals surface area contributed by atoms with E-state index >= 15 is 0 Å². The quantitative estimate of drug-likeness (QED) is 0.651. The fourth-order valence-corrected chi connectivity index (χ4v) is 1.36. The van der Waals surface area contributed by atoms with Gasteiger partial charge in [0, 0.05) is 24.4 Å². The zero-order chi connectivity index (χ0) is 10.1. The fraction of sp³-hybridized carbons (Fsp3) is 0.200. The molecule has 0 saturated carbocycles. The molecule has 14 heavy (non-hydrogen) atoms. The molecule has 0 amide bonds. The lowest BCUT2D eigenvalue weighted by Crippen LogP contribution is -1.95. The summed E-state index contributed by atoms with van der Waals surface area (Å²) < 4.78 is 18.0. The van der Waals surface area contributed by atoms with Crippen molar-refractivity contribution >= 4 is 16.7 Å². The van der Waals surface area contributed by atoms with E-state index in [0.717, 1.165) is 16.7 Å². The van der Waals surface area contributed by atoms with Gasteiger partial charge in [-0.05, 0) is 13.0 Å². The highest BCUT2D eigenvalue weighted by atomic mass is 19.1. The van der Waals surface area contributed by atoms with Crippen LogP contribution in [0.1, 0.15) is 12.5 Å². The second-order valence-corrected chi connectivity index (χ2v) is 3.00. The van der Waals surface area contributed by atoms with E-state index < -0.39 is 0 Å². The molecule has 0 radical (unpaired) electrons. The summed E-state index contributed by atoms with van der Waals surface area (Å²) in [4.78, 5) is 4.01. The van der Waals surface area contributed by atoms with Crippen molar-refractivity contribution in [3.05, 3.63) is 29.7 Å². The Morgan fingerprint density at radius 3 is 3.00 bits per heavy atom. The Hall–Kier alpha value is -1.71. The molecule has 0 unspecified atom stereocenters. The van der Waals surface area contributed by atoms with Gasteiger partial charge in [-0.1, -0.05) is 5.16 Å². The Balaban J connectivity index is 2.79. The van der Waals surface area contributed by atoms with Crippen LogP contribution in [-0.4, -0.2) is 17.9 Å². The maximum Gasteiger partial charge on any atom is 0.170 e. The Morgan fingerprint density at radius 2 is 2.29 bits per heavy atom. The molecule has 0 N–H and O–H groups in total. The third kappa shape index (κ3) is 1.28. The van der Waals surface area contributed by atoms with Crippen molar-refractivity contribution in [1.82, 2.24) is 5.16 Å². The van der Waals surface area contributed by atoms with Crippen LogP contribution < -0.4 is 0 Å². The Morgan fingerprint density at radius 1 is 1.50 bits per heavy atom. The number of aromatic nitrogens is 1. The minimum absolute atomic E-state index is 0.341. The van der Waals surface area contributed by atoms with Crippen molar-refractivity contribution in [3.8, 4) is 0 Å². The van der Waals surface area contributed by atoms with E-state index in [2.05, 4.69) is 10.1 Å². The van der Waals surface area contributed by atoms with Crippen LogP contribution in [0.15, 0.2) is 27.8 Å². The minimum atomic E-state index is -0.341. The van der Waals surface area contributed by atoms with Crippen molar-refractivity contribution in [2.24, 2.45) is 4.99 Å². The normalized spacial score (nSPS) is 12.4. The van der Waals surface area contributed by atoms with Gasteiger partial charge in [0.05, 0.1) is 11.6 Å². The number of rotatable bonds is 1. The summed E-state index contributed by atoms with van der Waals surface area (Å²) in [6.07, 6.45) is 1.57. The molecule has 1 aromatic heterocycles. The van der Waals surface area contributed by atoms with Crippen molar-refractivity contribution in [3.63, 3.8) is 0 Å². The number of hydrogen-bond acceptors (Lipinski definition) is 3. The van der Waals surface area contributed by atoms with Gasteiger partial charge in [-0.2, -0.15) is 0 Å². The minimum Gasteiger partial charge on any atom is -0.356 e. The van der Waals surface area contributed by atoms with Gasteiger partial charge in [0.15, 0.2) is 5.58 Å². The molecule has 0 atom stereocenters. The van der Waals surface area contributed by atoms with Gasteiger partial charge >= 0.3 is 0 Å². The summed E-state index contributed by atoms with van der Waals surface area (Å²) in [5.74, 6) is -0.341. The van der Waals surface area contributed by atoms with Crippen molar-refractivity contribution < 1.29 is 8.91 Å². The van der Waals surface area contributed by atoms with Gasteiger partial charge < -0.3 is 4.52 Å². The second kappa shape index (κ2) is 3.21. The highest BCUT2D eigenvalue weighted by Crippen LogP contribution is 2.20. The number of nitrogens with zero attached hydrogens (tertiary/aromatic N) is 2. The summed E-state index contributed by atoms with van der Waals surface area (Å²) >= 11 is 0. The first-order valence-corrected chi connectivity index (χ1v) is 4.20. The summed E-state index contributed by atoms with van der Waals surface area (Å²) in [6, 6.07) is 2.75. The second-order valence-electron chi connectivity index (χ2n) is 3.00. The van der Waals surface area contributed by atoms with E-state index in [4.69, 9.17) is 4.52 Å². The lowest BCUT2D eigenvalue weighted by atomic mass is 10.1. The summed E-state index contributed by atoms with van der Waals surface area (Å²) in [7, 11) is 1.67. The average Bonchev–Trinajstić information content (AvgIpc) is 2.62. The van der Waals surface area contributed by atoms with Crippen LogP contribution in [0.3, 0.4) is 0 Å². The largest absolute Gasteiger partial charge is 0.356 e. The molecule has 0 bridgehead atoms. The van der Waals surface area contributed by atoms with Gasteiger partial charge in [0.2, 0.25) is 0 Å². The molecule has 3 nitrogen and oxygen atoms in total. The lowest BCUT2D eigenvalue weighted by molar-refractivity contribution is 0.454. The Labute approximate surface area is 80.2 Å². The van der Waals surface area contributed by atoms with E-state index in [-0.39, 0.29) is 5.82 Å². The predicted molar refractivity (Wildman–Crippen MR) is 52.1 cm³/mol. The Kier molecular flexibility index (Phi) is 2.04. The maximum atomic E-state index is 13.1. The third-order valence-corrected chi connectivity index (χ3v) is 2.16. The van der Waals surface area contributed by atoms with E-state index in [1.165, 1.54) is 12.1 Å². The van der Waals surface area contributed by atoms with Crippen LogP contribution in [0.5, 0.6) is 0 Å².